The number of ether oxygens (including phenoxy) is 2. The largest absolute Gasteiger partial charge is 0.507 e. The molecule has 0 saturated carbocycles. The second-order valence-corrected chi connectivity index (χ2v) is 4.59. The average molecular weight is 238 g/mol. The second-order valence-electron chi connectivity index (χ2n) is 4.59. The molecule has 0 unspecified atom stereocenters. The molecule has 17 heavy (non-hydrogen) atoms. The lowest BCUT2D eigenvalue weighted by Gasteiger charge is -2.20. The van der Waals surface area contributed by atoms with Crippen LogP contribution in [0.4, 0.5) is 0 Å². The number of carbonyl (C=O) groups excluding carboxylic acids is 1. The molecule has 0 aromatic heterocycles. The summed E-state index contributed by atoms with van der Waals surface area (Å²) in [5.41, 5.74) is -0.535. The van der Waals surface area contributed by atoms with Crippen LogP contribution in [0.5, 0.6) is 11.5 Å². The summed E-state index contributed by atoms with van der Waals surface area (Å²) in [5, 5.41) is 9.70. The normalized spacial score (nSPS) is 11.1. The van der Waals surface area contributed by atoms with E-state index in [1.54, 1.807) is 32.9 Å². The molecule has 0 spiro atoms. The Morgan fingerprint density at radius 1 is 1.35 bits per heavy atom. The zero-order valence-electron chi connectivity index (χ0n) is 10.6. The van der Waals surface area contributed by atoms with Crippen LogP contribution in [0.25, 0.3) is 0 Å². The third-order valence-corrected chi connectivity index (χ3v) is 1.91. The number of phenolic OH excluding ortho intramolecular Hbond substituents is 1. The first-order valence-electron chi connectivity index (χ1n) is 5.53. The SMILES string of the molecule is CCOc1cccc(O)c1C(=O)OC(C)(C)C. The highest BCUT2D eigenvalue weighted by Gasteiger charge is 2.23. The Bertz CT molecular complexity index is 404. The summed E-state index contributed by atoms with van der Waals surface area (Å²) < 4.78 is 10.5. The minimum Gasteiger partial charge on any atom is -0.507 e. The average Bonchev–Trinajstić information content (AvgIpc) is 2.15. The van der Waals surface area contributed by atoms with E-state index in [1.807, 2.05) is 6.92 Å². The summed E-state index contributed by atoms with van der Waals surface area (Å²) in [6, 6.07) is 4.68. The third kappa shape index (κ3) is 3.66. The van der Waals surface area contributed by atoms with Gasteiger partial charge in [0.05, 0.1) is 6.61 Å². The maximum atomic E-state index is 11.9. The van der Waals surface area contributed by atoms with E-state index >= 15 is 0 Å². The second kappa shape index (κ2) is 5.08. The first kappa shape index (κ1) is 13.4. The van der Waals surface area contributed by atoms with Crippen LogP contribution in [0.15, 0.2) is 18.2 Å². The van der Waals surface area contributed by atoms with Gasteiger partial charge in [0.15, 0.2) is 0 Å². The highest BCUT2D eigenvalue weighted by molar-refractivity contribution is 5.95. The van der Waals surface area contributed by atoms with Gasteiger partial charge in [0, 0.05) is 0 Å². The number of rotatable bonds is 3. The molecule has 0 fully saturated rings. The fourth-order valence-corrected chi connectivity index (χ4v) is 1.33. The van der Waals surface area contributed by atoms with Gasteiger partial charge in [-0.3, -0.25) is 0 Å². The van der Waals surface area contributed by atoms with E-state index in [0.717, 1.165) is 0 Å². The molecule has 0 aliphatic heterocycles. The molecule has 1 N–H and O–H groups in total. The zero-order valence-corrected chi connectivity index (χ0v) is 10.6. The molecule has 0 bridgehead atoms. The first-order valence-corrected chi connectivity index (χ1v) is 5.53. The molecule has 94 valence electrons. The summed E-state index contributed by atoms with van der Waals surface area (Å²) in [5.74, 6) is -0.383. The molecular weight excluding hydrogens is 220 g/mol. The first-order chi connectivity index (χ1) is 7.85. The molecular formula is C13H18O4. The summed E-state index contributed by atoms with van der Waals surface area (Å²) in [6.45, 7) is 7.53. The van der Waals surface area contributed by atoms with Crippen LogP contribution in [-0.2, 0) is 4.74 Å². The lowest BCUT2D eigenvalue weighted by atomic mass is 10.1. The highest BCUT2D eigenvalue weighted by atomic mass is 16.6. The Morgan fingerprint density at radius 2 is 2.00 bits per heavy atom. The van der Waals surface area contributed by atoms with E-state index < -0.39 is 11.6 Å². The number of hydrogen-bond acceptors (Lipinski definition) is 4. The Balaban J connectivity index is 3.07. The van der Waals surface area contributed by atoms with Gasteiger partial charge in [0.2, 0.25) is 0 Å². The molecule has 1 aromatic carbocycles. The Morgan fingerprint density at radius 3 is 2.53 bits per heavy atom. The molecule has 0 aliphatic rings. The molecule has 4 heteroatoms. The Kier molecular flexibility index (Phi) is 3.99. The number of hydrogen-bond donors (Lipinski definition) is 1. The molecule has 4 nitrogen and oxygen atoms in total. The van der Waals surface area contributed by atoms with Gasteiger partial charge in [-0.25, -0.2) is 4.79 Å². The number of esters is 1. The van der Waals surface area contributed by atoms with Gasteiger partial charge < -0.3 is 14.6 Å². The van der Waals surface area contributed by atoms with E-state index in [0.29, 0.717) is 12.4 Å². The molecule has 0 saturated heterocycles. The van der Waals surface area contributed by atoms with Gasteiger partial charge in [-0.2, -0.15) is 0 Å². The van der Waals surface area contributed by atoms with Crippen molar-refractivity contribution in [2.75, 3.05) is 6.61 Å². The van der Waals surface area contributed by atoms with Crippen molar-refractivity contribution in [3.05, 3.63) is 23.8 Å². The van der Waals surface area contributed by atoms with Crippen molar-refractivity contribution in [2.24, 2.45) is 0 Å². The fourth-order valence-electron chi connectivity index (χ4n) is 1.33. The van der Waals surface area contributed by atoms with Crippen molar-refractivity contribution in [3.63, 3.8) is 0 Å². The van der Waals surface area contributed by atoms with Crippen LogP contribution < -0.4 is 4.74 Å². The van der Waals surface area contributed by atoms with Crippen LogP contribution in [0.2, 0.25) is 0 Å². The van der Waals surface area contributed by atoms with Crippen LogP contribution in [0.3, 0.4) is 0 Å². The minimum atomic E-state index is -0.608. The zero-order chi connectivity index (χ0) is 13.1. The summed E-state index contributed by atoms with van der Waals surface area (Å²) >= 11 is 0. The summed E-state index contributed by atoms with van der Waals surface area (Å²) in [4.78, 5) is 11.9. The van der Waals surface area contributed by atoms with Crippen molar-refractivity contribution in [1.29, 1.82) is 0 Å². The molecule has 0 atom stereocenters. The van der Waals surface area contributed by atoms with Crippen LogP contribution in [0, 0.1) is 0 Å². The van der Waals surface area contributed by atoms with Crippen molar-refractivity contribution in [3.8, 4) is 11.5 Å². The molecule has 0 aliphatic carbocycles. The van der Waals surface area contributed by atoms with Gasteiger partial charge >= 0.3 is 5.97 Å². The highest BCUT2D eigenvalue weighted by Crippen LogP contribution is 2.29. The molecule has 1 aromatic rings. The molecule has 0 heterocycles. The smallest absolute Gasteiger partial charge is 0.346 e. The number of benzene rings is 1. The lowest BCUT2D eigenvalue weighted by Crippen LogP contribution is -2.24. The summed E-state index contributed by atoms with van der Waals surface area (Å²) in [7, 11) is 0. The predicted molar refractivity (Wildman–Crippen MR) is 64.4 cm³/mol. The van der Waals surface area contributed by atoms with E-state index in [-0.39, 0.29) is 11.3 Å². The van der Waals surface area contributed by atoms with Crippen LogP contribution >= 0.6 is 0 Å². The van der Waals surface area contributed by atoms with Crippen molar-refractivity contribution < 1.29 is 19.4 Å². The molecule has 1 rings (SSSR count). The van der Waals surface area contributed by atoms with Crippen molar-refractivity contribution in [2.45, 2.75) is 33.3 Å². The van der Waals surface area contributed by atoms with Gasteiger partial charge in [-0.05, 0) is 39.8 Å². The molecule has 0 radical (unpaired) electrons. The lowest BCUT2D eigenvalue weighted by molar-refractivity contribution is 0.00632. The van der Waals surface area contributed by atoms with Gasteiger partial charge in [0.25, 0.3) is 0 Å². The van der Waals surface area contributed by atoms with E-state index in [4.69, 9.17) is 9.47 Å². The Hall–Kier alpha value is -1.71. The van der Waals surface area contributed by atoms with E-state index in [2.05, 4.69) is 0 Å². The van der Waals surface area contributed by atoms with E-state index in [1.165, 1.54) is 6.07 Å². The summed E-state index contributed by atoms with van der Waals surface area (Å²) in [6.07, 6.45) is 0. The third-order valence-electron chi connectivity index (χ3n) is 1.91. The topological polar surface area (TPSA) is 55.8 Å². The minimum absolute atomic E-state index is 0.0734. The maximum Gasteiger partial charge on any atom is 0.346 e. The van der Waals surface area contributed by atoms with Crippen molar-refractivity contribution >= 4 is 5.97 Å². The quantitative estimate of drug-likeness (QED) is 0.823. The van der Waals surface area contributed by atoms with Crippen molar-refractivity contribution in [1.82, 2.24) is 0 Å². The van der Waals surface area contributed by atoms with Crippen LogP contribution in [-0.4, -0.2) is 23.3 Å². The molecule has 0 amide bonds. The fraction of sp³-hybridized carbons (Fsp3) is 0.462. The predicted octanol–water partition coefficient (Wildman–Crippen LogP) is 2.75. The van der Waals surface area contributed by atoms with Gasteiger partial charge in [-0.15, -0.1) is 0 Å². The van der Waals surface area contributed by atoms with Gasteiger partial charge in [0.1, 0.15) is 22.7 Å². The standard InChI is InChI=1S/C13H18O4/c1-5-16-10-8-6-7-9(14)11(10)12(15)17-13(2,3)4/h6-8,14H,5H2,1-4H3. The van der Waals surface area contributed by atoms with Gasteiger partial charge in [-0.1, -0.05) is 6.07 Å². The van der Waals surface area contributed by atoms with Crippen LogP contribution in [0.1, 0.15) is 38.1 Å². The number of carbonyl (C=O) groups is 1. The number of aromatic hydroxyl groups is 1. The maximum absolute atomic E-state index is 11.9. The Labute approximate surface area is 101 Å². The number of phenols is 1. The monoisotopic (exact) mass is 238 g/mol. The van der Waals surface area contributed by atoms with E-state index in [9.17, 15) is 9.90 Å².